The predicted molar refractivity (Wildman–Crippen MR) is 71.7 cm³/mol. The van der Waals surface area contributed by atoms with E-state index >= 15 is 0 Å². The van der Waals surface area contributed by atoms with Crippen LogP contribution in [0, 0.1) is 0 Å². The predicted octanol–water partition coefficient (Wildman–Crippen LogP) is 1.55. The Labute approximate surface area is 123 Å². The second-order valence-electron chi connectivity index (χ2n) is 6.98. The molecule has 2 aliphatic rings. The lowest BCUT2D eigenvalue weighted by atomic mass is 9.89. The summed E-state index contributed by atoms with van der Waals surface area (Å²) in [6.07, 6.45) is 0.0545. The quantitative estimate of drug-likeness (QED) is 0.738. The maximum atomic E-state index is 12.3. The minimum Gasteiger partial charge on any atom is -0.480 e. The van der Waals surface area contributed by atoms with Crippen LogP contribution < -0.4 is 0 Å². The Hall–Kier alpha value is -1.79. The highest BCUT2D eigenvalue weighted by Crippen LogP contribution is 2.44. The third-order valence-corrected chi connectivity index (χ3v) is 3.90. The van der Waals surface area contributed by atoms with E-state index in [1.807, 2.05) is 0 Å². The van der Waals surface area contributed by atoms with Crippen molar-refractivity contribution >= 4 is 18.0 Å². The number of ether oxygens (including phenoxy) is 2. The number of hydrogen-bond acceptors (Lipinski definition) is 5. The van der Waals surface area contributed by atoms with Gasteiger partial charge in [-0.2, -0.15) is 0 Å². The number of aliphatic carboxylic acids is 1. The summed E-state index contributed by atoms with van der Waals surface area (Å²) in [5.41, 5.74) is -3.06. The average Bonchev–Trinajstić information content (AvgIpc) is 2.79. The molecule has 0 aromatic carbocycles. The van der Waals surface area contributed by atoms with E-state index < -0.39 is 28.8 Å². The number of carbonyl (C=O) groups is 3. The second kappa shape index (κ2) is 4.61. The van der Waals surface area contributed by atoms with Gasteiger partial charge in [0.25, 0.3) is 0 Å². The van der Waals surface area contributed by atoms with E-state index in [2.05, 4.69) is 0 Å². The summed E-state index contributed by atoms with van der Waals surface area (Å²) >= 11 is 0. The molecule has 0 aromatic rings. The maximum Gasteiger partial charge on any atom is 0.411 e. The Balaban J connectivity index is 2.28. The van der Waals surface area contributed by atoms with Crippen LogP contribution in [-0.2, 0) is 19.1 Å². The lowest BCUT2D eigenvalue weighted by molar-refractivity contribution is -0.151. The molecule has 1 N–H and O–H groups in total. The number of carboxylic acids is 1. The van der Waals surface area contributed by atoms with Crippen molar-refractivity contribution in [3.8, 4) is 0 Å². The zero-order chi connectivity index (χ0) is 16.1. The van der Waals surface area contributed by atoms with Crippen molar-refractivity contribution in [2.75, 3.05) is 6.54 Å². The van der Waals surface area contributed by atoms with Crippen molar-refractivity contribution in [1.82, 2.24) is 4.90 Å². The molecule has 2 aliphatic heterocycles. The molecule has 0 saturated carbocycles. The number of carboxylic acid groups (broad SMARTS) is 1. The van der Waals surface area contributed by atoms with E-state index in [9.17, 15) is 19.5 Å². The Morgan fingerprint density at radius 1 is 1.38 bits per heavy atom. The van der Waals surface area contributed by atoms with Gasteiger partial charge in [0.1, 0.15) is 16.7 Å². The number of carbonyl (C=O) groups excluding carboxylic acids is 2. The number of amides is 1. The molecular weight excluding hydrogens is 278 g/mol. The van der Waals surface area contributed by atoms with E-state index in [1.54, 1.807) is 20.8 Å². The summed E-state index contributed by atoms with van der Waals surface area (Å²) in [7, 11) is 0. The molecule has 1 spiro atoms. The smallest absolute Gasteiger partial charge is 0.411 e. The molecule has 2 saturated heterocycles. The van der Waals surface area contributed by atoms with Gasteiger partial charge in [0.15, 0.2) is 0 Å². The molecule has 2 atom stereocenters. The van der Waals surface area contributed by atoms with Crippen LogP contribution >= 0.6 is 0 Å². The fourth-order valence-electron chi connectivity index (χ4n) is 2.92. The van der Waals surface area contributed by atoms with E-state index in [0.717, 1.165) is 0 Å². The molecular formula is C14H21NO6. The van der Waals surface area contributed by atoms with Crippen molar-refractivity contribution in [3.05, 3.63) is 0 Å². The maximum absolute atomic E-state index is 12.3. The molecule has 2 rings (SSSR count). The minimum absolute atomic E-state index is 0.0520. The Kier molecular flexibility index (Phi) is 3.42. The fraction of sp³-hybridized carbons (Fsp3) is 0.786. The molecule has 7 heteroatoms. The number of esters is 1. The van der Waals surface area contributed by atoms with E-state index in [-0.39, 0.29) is 25.4 Å². The summed E-state index contributed by atoms with van der Waals surface area (Å²) < 4.78 is 10.6. The molecule has 2 heterocycles. The minimum atomic E-state index is -1.44. The van der Waals surface area contributed by atoms with Gasteiger partial charge in [-0.3, -0.25) is 9.69 Å². The average molecular weight is 299 g/mol. The van der Waals surface area contributed by atoms with Gasteiger partial charge in [-0.15, -0.1) is 0 Å². The van der Waals surface area contributed by atoms with E-state index in [1.165, 1.54) is 11.8 Å². The Morgan fingerprint density at radius 3 is 2.43 bits per heavy atom. The molecule has 7 nitrogen and oxygen atoms in total. The lowest BCUT2D eigenvalue weighted by Crippen LogP contribution is -2.52. The van der Waals surface area contributed by atoms with Gasteiger partial charge in [0.2, 0.25) is 0 Å². The van der Waals surface area contributed by atoms with Gasteiger partial charge in [-0.05, 0) is 34.1 Å². The van der Waals surface area contributed by atoms with Crippen LogP contribution in [0.15, 0.2) is 0 Å². The number of rotatable bonds is 1. The highest BCUT2D eigenvalue weighted by atomic mass is 16.6. The van der Waals surface area contributed by atoms with Gasteiger partial charge in [0.05, 0.1) is 6.54 Å². The highest BCUT2D eigenvalue weighted by Gasteiger charge is 2.61. The first-order chi connectivity index (χ1) is 9.47. The highest BCUT2D eigenvalue weighted by molar-refractivity contribution is 5.86. The molecule has 0 bridgehead atoms. The Morgan fingerprint density at radius 2 is 2.00 bits per heavy atom. The monoisotopic (exact) mass is 299 g/mol. The lowest BCUT2D eigenvalue weighted by Gasteiger charge is -2.32. The zero-order valence-electron chi connectivity index (χ0n) is 12.8. The van der Waals surface area contributed by atoms with Crippen molar-refractivity contribution < 1.29 is 29.0 Å². The first-order valence-corrected chi connectivity index (χ1v) is 6.93. The van der Waals surface area contributed by atoms with Crippen molar-refractivity contribution in [1.29, 1.82) is 0 Å². The number of likely N-dealkylation sites (tertiary alicyclic amines) is 1. The van der Waals surface area contributed by atoms with Crippen LogP contribution in [0.1, 0.15) is 47.0 Å². The Bertz CT molecular complexity index is 496. The molecule has 1 amide bonds. The second-order valence-corrected chi connectivity index (χ2v) is 6.98. The van der Waals surface area contributed by atoms with E-state index in [0.29, 0.717) is 6.42 Å². The fourth-order valence-corrected chi connectivity index (χ4v) is 2.92. The van der Waals surface area contributed by atoms with Gasteiger partial charge in [-0.25, -0.2) is 9.59 Å². The number of nitrogens with zero attached hydrogens (tertiary/aromatic N) is 1. The van der Waals surface area contributed by atoms with Crippen LogP contribution in [0.4, 0.5) is 4.79 Å². The van der Waals surface area contributed by atoms with Crippen LogP contribution in [0.5, 0.6) is 0 Å². The standard InChI is InChI=1S/C14H21NO6/c1-12(2,3)21-11(19)15-8-14(6-5-9(16)20-14)7-13(15,4)10(17)18/h5-8H2,1-4H3,(H,17,18)/t13-,14+/m0/s1. The molecule has 21 heavy (non-hydrogen) atoms. The first kappa shape index (κ1) is 15.6. The molecule has 118 valence electrons. The summed E-state index contributed by atoms with van der Waals surface area (Å²) in [6, 6.07) is 0. The largest absolute Gasteiger partial charge is 0.480 e. The molecule has 0 unspecified atom stereocenters. The SMILES string of the molecule is CC(C)(C)OC(=O)N1C[C@@]2(CCC(=O)O2)C[C@@]1(C)C(=O)O. The van der Waals surface area contributed by atoms with Gasteiger partial charge in [0, 0.05) is 12.8 Å². The summed E-state index contributed by atoms with van der Waals surface area (Å²) in [6.45, 7) is 6.65. The molecule has 0 radical (unpaired) electrons. The third kappa shape index (κ3) is 2.82. The van der Waals surface area contributed by atoms with Crippen molar-refractivity contribution in [2.45, 2.75) is 63.7 Å². The third-order valence-electron chi connectivity index (χ3n) is 3.90. The normalized spacial score (nSPS) is 32.4. The van der Waals surface area contributed by atoms with Crippen molar-refractivity contribution in [3.63, 3.8) is 0 Å². The first-order valence-electron chi connectivity index (χ1n) is 6.93. The van der Waals surface area contributed by atoms with E-state index in [4.69, 9.17) is 9.47 Å². The topological polar surface area (TPSA) is 93.1 Å². The van der Waals surface area contributed by atoms with Crippen molar-refractivity contribution in [2.24, 2.45) is 0 Å². The van der Waals surface area contributed by atoms with Gasteiger partial charge < -0.3 is 14.6 Å². The molecule has 0 aliphatic carbocycles. The summed E-state index contributed by atoms with van der Waals surface area (Å²) in [5, 5.41) is 9.51. The van der Waals surface area contributed by atoms with Crippen LogP contribution in [0.25, 0.3) is 0 Å². The summed E-state index contributed by atoms with van der Waals surface area (Å²) in [4.78, 5) is 36.5. The molecule has 2 fully saturated rings. The van der Waals surface area contributed by atoms with Gasteiger partial charge >= 0.3 is 18.0 Å². The summed E-state index contributed by atoms with van der Waals surface area (Å²) in [5.74, 6) is -1.48. The number of hydrogen-bond donors (Lipinski definition) is 1. The van der Waals surface area contributed by atoms with Gasteiger partial charge in [-0.1, -0.05) is 0 Å². The van der Waals surface area contributed by atoms with Crippen LogP contribution in [-0.4, -0.2) is 51.3 Å². The van der Waals surface area contributed by atoms with Crippen LogP contribution in [0.3, 0.4) is 0 Å². The van der Waals surface area contributed by atoms with Crippen LogP contribution in [0.2, 0.25) is 0 Å². The molecule has 0 aromatic heterocycles. The zero-order valence-corrected chi connectivity index (χ0v) is 12.8.